The number of rotatable bonds is 5. The second-order valence-electron chi connectivity index (χ2n) is 6.76. The minimum Gasteiger partial charge on any atom is -0.449 e. The highest BCUT2D eigenvalue weighted by molar-refractivity contribution is 7.89. The van der Waals surface area contributed by atoms with E-state index < -0.39 is 34.0 Å². The Bertz CT molecular complexity index is 879. The number of urea groups is 1. The molecule has 1 aromatic carbocycles. The van der Waals surface area contributed by atoms with Gasteiger partial charge in [0.15, 0.2) is 6.10 Å². The van der Waals surface area contributed by atoms with Crippen molar-refractivity contribution in [3.05, 3.63) is 29.8 Å². The van der Waals surface area contributed by atoms with Crippen LogP contribution in [0.5, 0.6) is 0 Å². The Morgan fingerprint density at radius 3 is 2.50 bits per heavy atom. The van der Waals surface area contributed by atoms with Crippen LogP contribution in [0.2, 0.25) is 0 Å². The van der Waals surface area contributed by atoms with Crippen LogP contribution in [0.25, 0.3) is 0 Å². The van der Waals surface area contributed by atoms with Gasteiger partial charge in [-0.05, 0) is 38.0 Å². The predicted octanol–water partition coefficient (Wildman–Crippen LogP) is 0.958. The fraction of sp³-hybridized carbons (Fsp3) is 0.500. The summed E-state index contributed by atoms with van der Waals surface area (Å²) in [5, 5.41) is 2.50. The lowest BCUT2D eigenvalue weighted by Crippen LogP contribution is -2.41. The van der Waals surface area contributed by atoms with Crippen molar-refractivity contribution >= 4 is 27.9 Å². The SMILES string of the molecule is CC(OC(=O)c1cccc(S(=O)(=O)N2CCCCC2)c1)C(=O)N1CCNC1=O. The number of piperidine rings is 1. The van der Waals surface area contributed by atoms with Crippen molar-refractivity contribution in [3.63, 3.8) is 0 Å². The maximum atomic E-state index is 12.8. The zero-order valence-electron chi connectivity index (χ0n) is 15.6. The van der Waals surface area contributed by atoms with Crippen LogP contribution in [0.15, 0.2) is 29.2 Å². The summed E-state index contributed by atoms with van der Waals surface area (Å²) in [6.45, 7) is 2.85. The number of hydrogen-bond donors (Lipinski definition) is 1. The molecule has 0 saturated carbocycles. The van der Waals surface area contributed by atoms with E-state index in [9.17, 15) is 22.8 Å². The molecule has 1 atom stereocenters. The van der Waals surface area contributed by atoms with Crippen molar-refractivity contribution < 1.29 is 27.5 Å². The van der Waals surface area contributed by atoms with Crippen LogP contribution >= 0.6 is 0 Å². The van der Waals surface area contributed by atoms with E-state index in [-0.39, 0.29) is 17.0 Å². The van der Waals surface area contributed by atoms with E-state index in [2.05, 4.69) is 5.32 Å². The number of ether oxygens (including phenoxy) is 1. The third kappa shape index (κ3) is 4.17. The third-order valence-electron chi connectivity index (χ3n) is 4.78. The van der Waals surface area contributed by atoms with E-state index >= 15 is 0 Å². The molecule has 3 rings (SSSR count). The topological polar surface area (TPSA) is 113 Å². The number of carbonyl (C=O) groups is 3. The first-order chi connectivity index (χ1) is 13.3. The van der Waals surface area contributed by atoms with Gasteiger partial charge in [-0.1, -0.05) is 12.5 Å². The van der Waals surface area contributed by atoms with Gasteiger partial charge in [0.25, 0.3) is 5.91 Å². The lowest BCUT2D eigenvalue weighted by molar-refractivity contribution is -0.136. The number of carbonyl (C=O) groups excluding carboxylic acids is 3. The van der Waals surface area contributed by atoms with E-state index in [4.69, 9.17) is 4.74 Å². The maximum Gasteiger partial charge on any atom is 0.338 e. The van der Waals surface area contributed by atoms with Crippen LogP contribution < -0.4 is 5.32 Å². The molecule has 28 heavy (non-hydrogen) atoms. The summed E-state index contributed by atoms with van der Waals surface area (Å²) < 4.78 is 32.1. The van der Waals surface area contributed by atoms with Crippen molar-refractivity contribution in [3.8, 4) is 0 Å². The average Bonchev–Trinajstić information content (AvgIpc) is 3.14. The number of benzene rings is 1. The summed E-state index contributed by atoms with van der Waals surface area (Å²) in [7, 11) is -3.69. The van der Waals surface area contributed by atoms with Gasteiger partial charge in [-0.15, -0.1) is 0 Å². The molecule has 0 bridgehead atoms. The lowest BCUT2D eigenvalue weighted by atomic mass is 10.2. The van der Waals surface area contributed by atoms with Gasteiger partial charge in [0.2, 0.25) is 10.0 Å². The summed E-state index contributed by atoms with van der Waals surface area (Å²) in [5.41, 5.74) is 0.0311. The Kier molecular flexibility index (Phi) is 5.99. The lowest BCUT2D eigenvalue weighted by Gasteiger charge is -2.26. The van der Waals surface area contributed by atoms with Crippen LogP contribution in [0.3, 0.4) is 0 Å². The summed E-state index contributed by atoms with van der Waals surface area (Å²) >= 11 is 0. The zero-order chi connectivity index (χ0) is 20.3. The fourth-order valence-electron chi connectivity index (χ4n) is 3.22. The molecular weight excluding hydrogens is 386 g/mol. The molecule has 2 saturated heterocycles. The molecule has 1 N–H and O–H groups in total. The Balaban J connectivity index is 1.71. The van der Waals surface area contributed by atoms with E-state index in [1.807, 2.05) is 0 Å². The van der Waals surface area contributed by atoms with Gasteiger partial charge in [0, 0.05) is 26.2 Å². The van der Waals surface area contributed by atoms with Crippen LogP contribution in [-0.4, -0.2) is 67.8 Å². The van der Waals surface area contributed by atoms with Gasteiger partial charge in [0.1, 0.15) is 0 Å². The fourth-order valence-corrected chi connectivity index (χ4v) is 4.78. The molecule has 2 aliphatic heterocycles. The van der Waals surface area contributed by atoms with Gasteiger partial charge in [-0.2, -0.15) is 4.31 Å². The molecule has 2 aliphatic rings. The minimum absolute atomic E-state index is 0.0155. The second kappa shape index (κ2) is 8.27. The third-order valence-corrected chi connectivity index (χ3v) is 6.67. The van der Waals surface area contributed by atoms with Crippen LogP contribution in [0.4, 0.5) is 4.79 Å². The first-order valence-corrected chi connectivity index (χ1v) is 10.6. The highest BCUT2D eigenvalue weighted by atomic mass is 32.2. The highest BCUT2D eigenvalue weighted by Crippen LogP contribution is 2.22. The van der Waals surface area contributed by atoms with Crippen LogP contribution in [0.1, 0.15) is 36.5 Å². The maximum absolute atomic E-state index is 12.8. The molecule has 0 aromatic heterocycles. The summed E-state index contributed by atoms with van der Waals surface area (Å²) in [6, 6.07) is 5.06. The Labute approximate surface area is 163 Å². The van der Waals surface area contributed by atoms with Gasteiger partial charge in [-0.25, -0.2) is 18.0 Å². The van der Waals surface area contributed by atoms with E-state index in [0.29, 0.717) is 19.6 Å². The summed E-state index contributed by atoms with van der Waals surface area (Å²) in [5.74, 6) is -1.45. The van der Waals surface area contributed by atoms with Crippen molar-refractivity contribution in [1.29, 1.82) is 0 Å². The van der Waals surface area contributed by atoms with Gasteiger partial charge in [-0.3, -0.25) is 9.69 Å². The smallest absolute Gasteiger partial charge is 0.338 e. The Morgan fingerprint density at radius 1 is 1.14 bits per heavy atom. The molecule has 2 heterocycles. The standard InChI is InChI=1S/C18H23N3O6S/c1-13(16(22)21-11-8-19-18(21)24)27-17(23)14-6-5-7-15(12-14)28(25,26)20-9-3-2-4-10-20/h5-7,12-13H,2-4,8-11H2,1H3,(H,19,24). The molecule has 9 nitrogen and oxygen atoms in total. The van der Waals surface area contributed by atoms with Crippen LogP contribution in [0, 0.1) is 0 Å². The molecule has 0 radical (unpaired) electrons. The number of amides is 3. The van der Waals surface area contributed by atoms with E-state index in [0.717, 1.165) is 24.2 Å². The number of nitrogens with zero attached hydrogens (tertiary/aromatic N) is 2. The largest absolute Gasteiger partial charge is 0.449 e. The molecule has 0 aliphatic carbocycles. The van der Waals surface area contributed by atoms with Crippen molar-refractivity contribution in [2.45, 2.75) is 37.2 Å². The van der Waals surface area contributed by atoms with Crippen molar-refractivity contribution in [2.24, 2.45) is 0 Å². The van der Waals surface area contributed by atoms with Crippen LogP contribution in [-0.2, 0) is 19.6 Å². The summed E-state index contributed by atoms with van der Waals surface area (Å²) in [6.07, 6.45) is 1.45. The normalized spacial score (nSPS) is 19.2. The molecule has 0 spiro atoms. The zero-order valence-corrected chi connectivity index (χ0v) is 16.4. The molecular formula is C18H23N3O6S. The number of hydrogen-bond acceptors (Lipinski definition) is 6. The summed E-state index contributed by atoms with van der Waals surface area (Å²) in [4.78, 5) is 37.2. The average molecular weight is 409 g/mol. The minimum atomic E-state index is -3.69. The van der Waals surface area contributed by atoms with E-state index in [1.54, 1.807) is 0 Å². The van der Waals surface area contributed by atoms with Gasteiger partial charge in [0.05, 0.1) is 10.5 Å². The molecule has 1 aromatic rings. The highest BCUT2D eigenvalue weighted by Gasteiger charge is 2.32. The first-order valence-electron chi connectivity index (χ1n) is 9.21. The molecule has 2 fully saturated rings. The van der Waals surface area contributed by atoms with Gasteiger partial charge < -0.3 is 10.1 Å². The Morgan fingerprint density at radius 2 is 1.86 bits per heavy atom. The number of sulfonamides is 1. The molecule has 3 amide bonds. The number of esters is 1. The first kappa shape index (κ1) is 20.3. The molecule has 10 heteroatoms. The molecule has 1 unspecified atom stereocenters. The van der Waals surface area contributed by atoms with Crippen molar-refractivity contribution in [1.82, 2.24) is 14.5 Å². The van der Waals surface area contributed by atoms with Gasteiger partial charge >= 0.3 is 12.0 Å². The predicted molar refractivity (Wildman–Crippen MR) is 99.0 cm³/mol. The number of nitrogens with one attached hydrogen (secondary N) is 1. The monoisotopic (exact) mass is 409 g/mol. The Hall–Kier alpha value is -2.46. The number of imide groups is 1. The van der Waals surface area contributed by atoms with Crippen molar-refractivity contribution in [2.75, 3.05) is 26.2 Å². The molecule has 152 valence electrons. The van der Waals surface area contributed by atoms with E-state index in [1.165, 1.54) is 35.5 Å². The quantitative estimate of drug-likeness (QED) is 0.725. The second-order valence-corrected chi connectivity index (χ2v) is 8.70.